The highest BCUT2D eigenvalue weighted by atomic mass is 16.5. The number of rotatable bonds is 5. The molecule has 13 heavy (non-hydrogen) atoms. The van der Waals surface area contributed by atoms with E-state index < -0.39 is 0 Å². The van der Waals surface area contributed by atoms with Crippen LogP contribution in [0.1, 0.15) is 22.6 Å². The molecule has 0 aromatic carbocycles. The van der Waals surface area contributed by atoms with Gasteiger partial charge >= 0.3 is 0 Å². The van der Waals surface area contributed by atoms with Gasteiger partial charge in [-0.25, -0.2) is 9.97 Å². The van der Waals surface area contributed by atoms with Crippen molar-refractivity contribution in [3.8, 4) is 0 Å². The number of nitrogens with zero attached hydrogens (tertiary/aromatic N) is 2. The van der Waals surface area contributed by atoms with Crippen molar-refractivity contribution in [3.63, 3.8) is 0 Å². The Balaban J connectivity index is 2.44. The maximum Gasteiger partial charge on any atom is 0.153 e. The van der Waals surface area contributed by atoms with E-state index in [-0.39, 0.29) is 0 Å². The minimum absolute atomic E-state index is 0.510. The molecule has 0 amide bonds. The first kappa shape index (κ1) is 9.80. The van der Waals surface area contributed by atoms with Crippen LogP contribution in [0.3, 0.4) is 0 Å². The fourth-order valence-corrected chi connectivity index (χ4v) is 0.929. The van der Waals surface area contributed by atoms with Gasteiger partial charge in [0.1, 0.15) is 5.82 Å². The molecule has 4 nitrogen and oxygen atoms in total. The molecule has 0 aliphatic heterocycles. The third-order valence-electron chi connectivity index (χ3n) is 1.61. The summed E-state index contributed by atoms with van der Waals surface area (Å²) in [7, 11) is 1.66. The molecule has 0 spiro atoms. The van der Waals surface area contributed by atoms with Crippen LogP contribution >= 0.6 is 0 Å². The quantitative estimate of drug-likeness (QED) is 0.498. The minimum Gasteiger partial charge on any atom is -0.385 e. The van der Waals surface area contributed by atoms with Gasteiger partial charge in [-0.15, -0.1) is 0 Å². The van der Waals surface area contributed by atoms with Crippen molar-refractivity contribution in [3.05, 3.63) is 23.8 Å². The van der Waals surface area contributed by atoms with Crippen LogP contribution in [-0.4, -0.2) is 30.0 Å². The Bertz CT molecular complexity index is 259. The van der Waals surface area contributed by atoms with Crippen molar-refractivity contribution < 1.29 is 9.53 Å². The van der Waals surface area contributed by atoms with E-state index >= 15 is 0 Å². The lowest BCUT2D eigenvalue weighted by Crippen LogP contribution is -1.98. The van der Waals surface area contributed by atoms with Gasteiger partial charge < -0.3 is 4.74 Å². The largest absolute Gasteiger partial charge is 0.385 e. The van der Waals surface area contributed by atoms with Crippen LogP contribution in [0.2, 0.25) is 0 Å². The molecule has 0 bridgehead atoms. The van der Waals surface area contributed by atoms with Crippen molar-refractivity contribution in [2.75, 3.05) is 13.7 Å². The van der Waals surface area contributed by atoms with Gasteiger partial charge in [0.15, 0.2) is 6.29 Å². The van der Waals surface area contributed by atoms with Gasteiger partial charge in [0, 0.05) is 32.5 Å². The highest BCUT2D eigenvalue weighted by Gasteiger charge is 1.96. The zero-order valence-electron chi connectivity index (χ0n) is 7.56. The van der Waals surface area contributed by atoms with Crippen molar-refractivity contribution in [2.24, 2.45) is 0 Å². The second-order valence-electron chi connectivity index (χ2n) is 2.65. The molecule has 70 valence electrons. The first-order valence-electron chi connectivity index (χ1n) is 4.12. The normalized spacial score (nSPS) is 9.92. The fourth-order valence-electron chi connectivity index (χ4n) is 0.929. The van der Waals surface area contributed by atoms with Gasteiger partial charge in [-0.2, -0.15) is 0 Å². The SMILES string of the molecule is COCCCc1ncc(C=O)cn1. The second-order valence-corrected chi connectivity index (χ2v) is 2.65. The van der Waals surface area contributed by atoms with Gasteiger partial charge in [-0.1, -0.05) is 0 Å². The number of methoxy groups -OCH3 is 1. The van der Waals surface area contributed by atoms with Crippen LogP contribution in [0.25, 0.3) is 0 Å². The Morgan fingerprint density at radius 2 is 2.15 bits per heavy atom. The summed E-state index contributed by atoms with van der Waals surface area (Å²) in [5, 5.41) is 0. The number of aldehydes is 1. The van der Waals surface area contributed by atoms with E-state index in [0.29, 0.717) is 12.2 Å². The molecule has 0 fully saturated rings. The molecular weight excluding hydrogens is 168 g/mol. The van der Waals surface area contributed by atoms with Crippen molar-refractivity contribution in [1.82, 2.24) is 9.97 Å². The molecule has 0 atom stereocenters. The Hall–Kier alpha value is -1.29. The number of carbonyl (C=O) groups excluding carboxylic acids is 1. The number of ether oxygens (including phenoxy) is 1. The zero-order valence-corrected chi connectivity index (χ0v) is 7.56. The molecule has 0 radical (unpaired) electrons. The lowest BCUT2D eigenvalue weighted by molar-refractivity contribution is 0.112. The van der Waals surface area contributed by atoms with Crippen LogP contribution in [0.4, 0.5) is 0 Å². The smallest absolute Gasteiger partial charge is 0.153 e. The van der Waals surface area contributed by atoms with E-state index in [0.717, 1.165) is 25.0 Å². The molecule has 0 unspecified atom stereocenters. The molecule has 1 aromatic rings. The second kappa shape index (κ2) is 5.37. The molecule has 0 N–H and O–H groups in total. The Kier molecular flexibility index (Phi) is 4.05. The van der Waals surface area contributed by atoms with E-state index in [1.165, 1.54) is 12.4 Å². The third-order valence-corrected chi connectivity index (χ3v) is 1.61. The summed E-state index contributed by atoms with van der Waals surface area (Å²) in [6.07, 6.45) is 5.48. The summed E-state index contributed by atoms with van der Waals surface area (Å²) >= 11 is 0. The highest BCUT2D eigenvalue weighted by Crippen LogP contribution is 1.96. The highest BCUT2D eigenvalue weighted by molar-refractivity contribution is 5.73. The van der Waals surface area contributed by atoms with E-state index in [9.17, 15) is 4.79 Å². The molecule has 4 heteroatoms. The minimum atomic E-state index is 0.510. The van der Waals surface area contributed by atoms with Crippen LogP contribution in [-0.2, 0) is 11.2 Å². The first-order valence-corrected chi connectivity index (χ1v) is 4.12. The summed E-state index contributed by atoms with van der Waals surface area (Å²) in [5.41, 5.74) is 0.510. The Morgan fingerprint density at radius 1 is 1.46 bits per heavy atom. The summed E-state index contributed by atoms with van der Waals surface area (Å²) < 4.78 is 4.90. The monoisotopic (exact) mass is 180 g/mol. The standard InChI is InChI=1S/C9H12N2O2/c1-13-4-2-3-9-10-5-8(7-12)6-11-9/h5-7H,2-4H2,1H3. The van der Waals surface area contributed by atoms with Crippen LogP contribution in [0.5, 0.6) is 0 Å². The van der Waals surface area contributed by atoms with Gasteiger partial charge in [0.2, 0.25) is 0 Å². The fraction of sp³-hybridized carbons (Fsp3) is 0.444. The van der Waals surface area contributed by atoms with Crippen molar-refractivity contribution in [2.45, 2.75) is 12.8 Å². The average Bonchev–Trinajstić information content (AvgIpc) is 2.19. The van der Waals surface area contributed by atoms with E-state index in [2.05, 4.69) is 9.97 Å². The van der Waals surface area contributed by atoms with Crippen LogP contribution < -0.4 is 0 Å². The number of hydrogen-bond acceptors (Lipinski definition) is 4. The maximum absolute atomic E-state index is 10.3. The number of hydrogen-bond donors (Lipinski definition) is 0. The van der Waals surface area contributed by atoms with Crippen molar-refractivity contribution in [1.29, 1.82) is 0 Å². The summed E-state index contributed by atoms with van der Waals surface area (Å²) in [6, 6.07) is 0. The van der Waals surface area contributed by atoms with Crippen LogP contribution in [0, 0.1) is 0 Å². The summed E-state index contributed by atoms with van der Waals surface area (Å²) in [6.45, 7) is 0.707. The summed E-state index contributed by atoms with van der Waals surface area (Å²) in [4.78, 5) is 18.3. The zero-order chi connectivity index (χ0) is 9.52. The lowest BCUT2D eigenvalue weighted by atomic mass is 10.3. The lowest BCUT2D eigenvalue weighted by Gasteiger charge is -1.98. The predicted molar refractivity (Wildman–Crippen MR) is 47.6 cm³/mol. The van der Waals surface area contributed by atoms with E-state index in [4.69, 9.17) is 4.74 Å². The molecule has 0 saturated carbocycles. The number of aromatic nitrogens is 2. The van der Waals surface area contributed by atoms with Gasteiger partial charge in [0.05, 0.1) is 5.56 Å². The number of carbonyl (C=O) groups is 1. The maximum atomic E-state index is 10.3. The molecule has 0 aliphatic carbocycles. The van der Waals surface area contributed by atoms with Gasteiger partial charge in [-0.05, 0) is 6.42 Å². The molecule has 0 saturated heterocycles. The van der Waals surface area contributed by atoms with Gasteiger partial charge in [-0.3, -0.25) is 4.79 Å². The molecule has 1 aromatic heterocycles. The average molecular weight is 180 g/mol. The topological polar surface area (TPSA) is 52.1 Å². The first-order chi connectivity index (χ1) is 6.36. The molecular formula is C9H12N2O2. The third kappa shape index (κ3) is 3.29. The van der Waals surface area contributed by atoms with Crippen molar-refractivity contribution >= 4 is 6.29 Å². The molecule has 0 aliphatic rings. The Morgan fingerprint density at radius 3 is 2.69 bits per heavy atom. The summed E-state index contributed by atoms with van der Waals surface area (Å²) in [5.74, 6) is 0.752. The predicted octanol–water partition coefficient (Wildman–Crippen LogP) is 0.868. The molecule has 1 heterocycles. The Labute approximate surface area is 77.0 Å². The van der Waals surface area contributed by atoms with Gasteiger partial charge in [0.25, 0.3) is 0 Å². The van der Waals surface area contributed by atoms with Crippen LogP contribution in [0.15, 0.2) is 12.4 Å². The molecule has 1 rings (SSSR count). The van der Waals surface area contributed by atoms with E-state index in [1.807, 2.05) is 0 Å². The number of aryl methyl sites for hydroxylation is 1. The van der Waals surface area contributed by atoms with E-state index in [1.54, 1.807) is 7.11 Å².